The molecule has 1 aromatic heterocycles. The minimum atomic E-state index is -1.33. The number of halogens is 1. The number of methoxy groups -OCH3 is 1. The highest BCUT2D eigenvalue weighted by Crippen LogP contribution is 2.27. The van der Waals surface area contributed by atoms with Crippen molar-refractivity contribution in [3.8, 4) is 11.3 Å². The van der Waals surface area contributed by atoms with E-state index in [9.17, 15) is 14.7 Å². The van der Waals surface area contributed by atoms with Gasteiger partial charge in [0.15, 0.2) is 6.10 Å². The molecular weight excluding hydrogens is 396 g/mol. The first-order valence-electron chi connectivity index (χ1n) is 8.53. The Kier molecular flexibility index (Phi) is 6.43. The van der Waals surface area contributed by atoms with Gasteiger partial charge >= 0.3 is 5.97 Å². The van der Waals surface area contributed by atoms with Crippen LogP contribution in [-0.4, -0.2) is 30.3 Å². The second kappa shape index (κ2) is 9.18. The summed E-state index contributed by atoms with van der Waals surface area (Å²) in [5.74, 6) is -0.377. The van der Waals surface area contributed by atoms with Gasteiger partial charge in [-0.05, 0) is 35.9 Å². The Morgan fingerprint density at radius 3 is 2.66 bits per heavy atom. The minimum Gasteiger partial charge on any atom is -0.465 e. The van der Waals surface area contributed by atoms with Gasteiger partial charge in [-0.1, -0.05) is 41.9 Å². The average molecular weight is 413 g/mol. The van der Waals surface area contributed by atoms with Crippen molar-refractivity contribution in [2.24, 2.45) is 5.10 Å². The third-order valence-corrected chi connectivity index (χ3v) is 4.34. The van der Waals surface area contributed by atoms with Crippen LogP contribution in [0.25, 0.3) is 11.3 Å². The molecule has 8 heteroatoms. The van der Waals surface area contributed by atoms with E-state index in [0.29, 0.717) is 22.6 Å². The van der Waals surface area contributed by atoms with E-state index in [1.807, 2.05) is 0 Å². The smallest absolute Gasteiger partial charge is 0.339 e. The van der Waals surface area contributed by atoms with Crippen molar-refractivity contribution >= 4 is 29.7 Å². The van der Waals surface area contributed by atoms with Crippen LogP contribution >= 0.6 is 11.6 Å². The van der Waals surface area contributed by atoms with Crippen LogP contribution in [0.5, 0.6) is 0 Å². The van der Waals surface area contributed by atoms with Gasteiger partial charge in [-0.25, -0.2) is 10.2 Å². The zero-order valence-corrected chi connectivity index (χ0v) is 16.1. The Labute approximate surface area is 171 Å². The summed E-state index contributed by atoms with van der Waals surface area (Å²) in [5, 5.41) is 14.1. The number of benzene rings is 2. The molecule has 7 nitrogen and oxygen atoms in total. The molecule has 0 aliphatic heterocycles. The number of nitrogens with zero attached hydrogens (tertiary/aromatic N) is 1. The van der Waals surface area contributed by atoms with Gasteiger partial charge in [-0.3, -0.25) is 4.79 Å². The second-order valence-electron chi connectivity index (χ2n) is 5.94. The summed E-state index contributed by atoms with van der Waals surface area (Å²) in [7, 11) is 1.27. The lowest BCUT2D eigenvalue weighted by molar-refractivity contribution is -0.129. The van der Waals surface area contributed by atoms with E-state index >= 15 is 0 Å². The van der Waals surface area contributed by atoms with Gasteiger partial charge in [-0.15, -0.1) is 0 Å². The number of furan rings is 1. The number of carbonyl (C=O) groups is 2. The monoisotopic (exact) mass is 412 g/mol. The van der Waals surface area contributed by atoms with Gasteiger partial charge in [0.25, 0.3) is 5.91 Å². The Morgan fingerprint density at radius 2 is 1.93 bits per heavy atom. The number of hydrazone groups is 1. The van der Waals surface area contributed by atoms with Gasteiger partial charge in [-0.2, -0.15) is 5.10 Å². The summed E-state index contributed by atoms with van der Waals surface area (Å²) >= 11 is 6.02. The van der Waals surface area contributed by atoms with Crippen molar-refractivity contribution in [2.45, 2.75) is 6.10 Å². The van der Waals surface area contributed by atoms with Crippen LogP contribution in [0.2, 0.25) is 5.02 Å². The van der Waals surface area contributed by atoms with Crippen molar-refractivity contribution in [2.75, 3.05) is 7.11 Å². The molecule has 1 atom stereocenters. The summed E-state index contributed by atoms with van der Waals surface area (Å²) in [6.45, 7) is 0. The van der Waals surface area contributed by atoms with Crippen molar-refractivity contribution in [1.29, 1.82) is 0 Å². The quantitative estimate of drug-likeness (QED) is 0.366. The normalized spacial score (nSPS) is 12.0. The van der Waals surface area contributed by atoms with Crippen molar-refractivity contribution < 1.29 is 23.8 Å². The molecular formula is C21H17ClN2O5. The molecule has 29 heavy (non-hydrogen) atoms. The third kappa shape index (κ3) is 4.90. The highest BCUT2D eigenvalue weighted by molar-refractivity contribution is 6.33. The van der Waals surface area contributed by atoms with Crippen LogP contribution < -0.4 is 5.43 Å². The average Bonchev–Trinajstić information content (AvgIpc) is 3.22. The standard InChI is InChI=1S/C21H17ClN2O5/c1-28-21(27)16-11-14(7-9-17(16)22)18-10-8-15(29-18)12-23-24-20(26)19(25)13-5-3-2-4-6-13/h2-12,19,25H,1H3,(H,24,26)/b23-12-/t19-/m0/s1. The maximum absolute atomic E-state index is 12.0. The van der Waals surface area contributed by atoms with Crippen LogP contribution in [0.3, 0.4) is 0 Å². The number of aliphatic hydroxyl groups excluding tert-OH is 1. The van der Waals surface area contributed by atoms with Crippen LogP contribution in [0.15, 0.2) is 70.2 Å². The van der Waals surface area contributed by atoms with Gasteiger partial charge in [0.05, 0.1) is 23.9 Å². The number of esters is 1. The molecule has 0 aliphatic carbocycles. The molecule has 0 unspecified atom stereocenters. The molecule has 0 fully saturated rings. The van der Waals surface area contributed by atoms with Gasteiger partial charge in [0.2, 0.25) is 0 Å². The topological polar surface area (TPSA) is 101 Å². The lowest BCUT2D eigenvalue weighted by atomic mass is 10.1. The van der Waals surface area contributed by atoms with Crippen molar-refractivity contribution in [1.82, 2.24) is 5.43 Å². The first-order chi connectivity index (χ1) is 14.0. The summed E-state index contributed by atoms with van der Waals surface area (Å²) in [6, 6.07) is 16.7. The molecule has 0 spiro atoms. The zero-order chi connectivity index (χ0) is 20.8. The van der Waals surface area contributed by atoms with Crippen LogP contribution in [0, 0.1) is 0 Å². The Bertz CT molecular complexity index is 1050. The van der Waals surface area contributed by atoms with Crippen LogP contribution in [0.4, 0.5) is 0 Å². The molecule has 2 N–H and O–H groups in total. The fourth-order valence-electron chi connectivity index (χ4n) is 2.53. The summed E-state index contributed by atoms with van der Waals surface area (Å²) < 4.78 is 10.4. The fourth-order valence-corrected chi connectivity index (χ4v) is 2.72. The van der Waals surface area contributed by atoms with Gasteiger partial charge in [0.1, 0.15) is 11.5 Å². The zero-order valence-electron chi connectivity index (χ0n) is 15.3. The molecule has 1 amide bonds. The first kappa shape index (κ1) is 20.3. The highest BCUT2D eigenvalue weighted by Gasteiger charge is 2.16. The van der Waals surface area contributed by atoms with E-state index in [-0.39, 0.29) is 10.6 Å². The number of amides is 1. The van der Waals surface area contributed by atoms with Crippen LogP contribution in [-0.2, 0) is 9.53 Å². The number of carbonyl (C=O) groups excluding carboxylic acids is 2. The van der Waals surface area contributed by atoms with Crippen molar-refractivity contribution in [3.63, 3.8) is 0 Å². The highest BCUT2D eigenvalue weighted by atomic mass is 35.5. The second-order valence-corrected chi connectivity index (χ2v) is 6.34. The van der Waals surface area contributed by atoms with Gasteiger partial charge in [0, 0.05) is 5.56 Å². The SMILES string of the molecule is COC(=O)c1cc(-c2ccc(/C=N\NC(=O)[C@@H](O)c3ccccc3)o2)ccc1Cl. The number of ether oxygens (including phenoxy) is 1. The summed E-state index contributed by atoms with van der Waals surface area (Å²) in [5.41, 5.74) is 3.57. The van der Waals surface area contributed by atoms with E-state index in [0.717, 1.165) is 0 Å². The maximum Gasteiger partial charge on any atom is 0.339 e. The van der Waals surface area contributed by atoms with E-state index in [1.165, 1.54) is 13.3 Å². The Hall–Kier alpha value is -3.42. The van der Waals surface area contributed by atoms with E-state index in [2.05, 4.69) is 10.5 Å². The Balaban J connectivity index is 1.68. The number of nitrogens with one attached hydrogen (secondary N) is 1. The number of rotatable bonds is 6. The molecule has 1 heterocycles. The molecule has 3 aromatic rings. The molecule has 3 rings (SSSR count). The third-order valence-electron chi connectivity index (χ3n) is 4.01. The van der Waals surface area contributed by atoms with E-state index < -0.39 is 18.0 Å². The van der Waals surface area contributed by atoms with E-state index in [1.54, 1.807) is 60.7 Å². The fraction of sp³-hybridized carbons (Fsp3) is 0.0952. The largest absolute Gasteiger partial charge is 0.465 e. The molecule has 2 aromatic carbocycles. The predicted octanol–water partition coefficient (Wildman–Crippen LogP) is 3.57. The van der Waals surface area contributed by atoms with Gasteiger partial charge < -0.3 is 14.3 Å². The predicted molar refractivity (Wildman–Crippen MR) is 108 cm³/mol. The van der Waals surface area contributed by atoms with Crippen molar-refractivity contribution in [3.05, 3.63) is 82.6 Å². The lowest BCUT2D eigenvalue weighted by Crippen LogP contribution is -2.25. The van der Waals surface area contributed by atoms with E-state index in [4.69, 9.17) is 20.8 Å². The minimum absolute atomic E-state index is 0.223. The molecule has 0 bridgehead atoms. The molecule has 0 radical (unpaired) electrons. The maximum atomic E-state index is 12.0. The summed E-state index contributed by atoms with van der Waals surface area (Å²) in [6.07, 6.45) is -0.0256. The molecule has 0 saturated carbocycles. The number of hydrogen-bond acceptors (Lipinski definition) is 6. The number of aliphatic hydroxyl groups is 1. The molecule has 0 saturated heterocycles. The lowest BCUT2D eigenvalue weighted by Gasteiger charge is -2.08. The summed E-state index contributed by atoms with van der Waals surface area (Å²) in [4.78, 5) is 23.7. The first-order valence-corrected chi connectivity index (χ1v) is 8.91. The molecule has 148 valence electrons. The molecule has 0 aliphatic rings. The van der Waals surface area contributed by atoms with Crippen LogP contribution in [0.1, 0.15) is 27.8 Å². The number of hydrogen-bond donors (Lipinski definition) is 2. The Morgan fingerprint density at radius 1 is 1.17 bits per heavy atom.